The van der Waals surface area contributed by atoms with Gasteiger partial charge < -0.3 is 64.4 Å². The number of aromatic nitrogens is 4. The van der Waals surface area contributed by atoms with E-state index in [0.29, 0.717) is 11.4 Å². The average Bonchev–Trinajstić information content (AvgIpc) is 3.21. The Morgan fingerprint density at radius 3 is 1.89 bits per heavy atom. The average molecular weight is 911 g/mol. The Labute approximate surface area is 368 Å². The second-order valence-electron chi connectivity index (χ2n) is 14.5. The van der Waals surface area contributed by atoms with E-state index in [0.717, 1.165) is 6.92 Å². The van der Waals surface area contributed by atoms with Crippen molar-refractivity contribution in [2.75, 3.05) is 17.6 Å². The Hall–Kier alpha value is -8.26. The van der Waals surface area contributed by atoms with Crippen LogP contribution in [0.1, 0.15) is 74.8 Å². The quantitative estimate of drug-likeness (QED) is 0.0214. The minimum atomic E-state index is -1.88. The number of benzene rings is 1. The number of anilines is 2. The number of amides is 5. The number of rotatable bonds is 26. The van der Waals surface area contributed by atoms with Gasteiger partial charge in [-0.1, -0.05) is 0 Å². The van der Waals surface area contributed by atoms with Gasteiger partial charge in [-0.25, -0.2) is 9.97 Å². The summed E-state index contributed by atoms with van der Waals surface area (Å²) in [5.41, 5.74) is 17.1. The topological polar surface area (TPSA) is 448 Å². The standard InChI is InChI=1S/C38H50N14O13/c1-17(45-32(61)19-6-8-20(9-7-19)43-15-21-16-44-31-30(46-21)36(65)52-38(41)51-31)5-10-26(54)47-24(13-28(57)58)34(63)48-22(4-3-11-42-37(39)40)33(62)50-25(14-29(59)60)35(64)49-23(18(2)53)12-27(55)56/h6-9,16-17,22-25,43H,3-5,10-15H2,1-2H3,(H,45,61)(H,47,54)(H,48,63)(H,49,64)(H,50,62)(H,55,56)(H,57,58)(H,59,60)(H4,39,40,42)(H3,41,44,51,52,65)/t17-,22+,23+,24+,25+/m1/s1. The molecule has 5 atom stereocenters. The predicted octanol–water partition coefficient (Wildman–Crippen LogP) is -3.19. The van der Waals surface area contributed by atoms with Crippen LogP contribution in [0.15, 0.2) is 40.2 Å². The van der Waals surface area contributed by atoms with E-state index in [4.69, 9.17) is 22.3 Å². The Bertz CT molecular complexity index is 2350. The number of nitrogens with zero attached hydrogens (tertiary/aromatic N) is 4. The van der Waals surface area contributed by atoms with Gasteiger partial charge in [0, 0.05) is 30.3 Å². The molecule has 0 aliphatic carbocycles. The maximum atomic E-state index is 13.5. The first-order chi connectivity index (χ1) is 30.6. The first kappa shape index (κ1) is 51.1. The zero-order chi connectivity index (χ0) is 48.4. The van der Waals surface area contributed by atoms with E-state index >= 15 is 0 Å². The number of carbonyl (C=O) groups is 9. The third-order valence-corrected chi connectivity index (χ3v) is 9.10. The minimum Gasteiger partial charge on any atom is -0.481 e. The van der Waals surface area contributed by atoms with Crippen LogP contribution in [0.25, 0.3) is 11.2 Å². The van der Waals surface area contributed by atoms with Gasteiger partial charge in [0.25, 0.3) is 11.5 Å². The number of carboxylic acid groups (broad SMARTS) is 3. The van der Waals surface area contributed by atoms with E-state index in [1.807, 2.05) is 0 Å². The number of guanidine groups is 1. The minimum absolute atomic E-state index is 0.0125. The zero-order valence-electron chi connectivity index (χ0n) is 35.1. The van der Waals surface area contributed by atoms with Crippen LogP contribution in [0.4, 0.5) is 11.6 Å². The third kappa shape index (κ3) is 17.6. The normalized spacial score (nSPS) is 13.1. The van der Waals surface area contributed by atoms with E-state index in [-0.39, 0.29) is 67.4 Å². The highest BCUT2D eigenvalue weighted by Crippen LogP contribution is 2.13. The number of Topliss-reactive ketones (excluding diaryl/α,β-unsaturated/α-hetero) is 1. The molecule has 65 heavy (non-hydrogen) atoms. The zero-order valence-corrected chi connectivity index (χ0v) is 35.1. The van der Waals surface area contributed by atoms with Crippen LogP contribution < -0.4 is 54.7 Å². The number of fused-ring (bicyclic) bond motifs is 1. The van der Waals surface area contributed by atoms with E-state index in [1.54, 1.807) is 19.1 Å². The van der Waals surface area contributed by atoms with Crippen molar-refractivity contribution in [2.45, 2.75) is 95.5 Å². The highest BCUT2D eigenvalue weighted by atomic mass is 16.4. The lowest BCUT2D eigenvalue weighted by atomic mass is 10.1. The van der Waals surface area contributed by atoms with Crippen LogP contribution in [-0.2, 0) is 44.9 Å². The van der Waals surface area contributed by atoms with Crippen molar-refractivity contribution in [3.8, 4) is 0 Å². The number of carboxylic acids is 3. The summed E-state index contributed by atoms with van der Waals surface area (Å²) in [5, 5.41) is 42.7. The van der Waals surface area contributed by atoms with Gasteiger partial charge in [0.1, 0.15) is 18.1 Å². The molecule has 0 aliphatic rings. The molecule has 27 nitrogen and oxygen atoms in total. The number of carbonyl (C=O) groups excluding carboxylic acids is 6. The summed E-state index contributed by atoms with van der Waals surface area (Å²) in [4.78, 5) is 143. The number of aliphatic imine (C=N–C) groups is 1. The van der Waals surface area contributed by atoms with Crippen LogP contribution in [0.3, 0.4) is 0 Å². The second kappa shape index (κ2) is 24.4. The van der Waals surface area contributed by atoms with Gasteiger partial charge in [0.05, 0.1) is 43.7 Å². The Kier molecular flexibility index (Phi) is 19.2. The number of aromatic amines is 1. The van der Waals surface area contributed by atoms with Crippen molar-refractivity contribution in [3.05, 3.63) is 52.1 Å². The molecule has 3 rings (SSSR count). The largest absolute Gasteiger partial charge is 0.481 e. The monoisotopic (exact) mass is 910 g/mol. The summed E-state index contributed by atoms with van der Waals surface area (Å²) in [6, 6.07) is -1.05. The molecular formula is C38H50N14O13. The SMILES string of the molecule is CC(=O)[C@H](CC(=O)O)NC(=O)[C@H](CC(=O)O)NC(=O)[C@H](CCCN=C(N)N)NC(=O)[C@H](CC(=O)O)NC(=O)CC[C@@H](C)NC(=O)c1ccc(NCc2cnc3nc(N)[nH]c(=O)c3n2)cc1. The fourth-order valence-electron chi connectivity index (χ4n) is 5.81. The van der Waals surface area contributed by atoms with Crippen molar-refractivity contribution in [2.24, 2.45) is 16.5 Å². The second-order valence-corrected chi connectivity index (χ2v) is 14.5. The molecular weight excluding hydrogens is 861 g/mol. The van der Waals surface area contributed by atoms with E-state index in [9.17, 15) is 58.2 Å². The van der Waals surface area contributed by atoms with Gasteiger partial charge in [-0.15, -0.1) is 0 Å². The van der Waals surface area contributed by atoms with Crippen molar-refractivity contribution in [1.82, 2.24) is 46.5 Å². The van der Waals surface area contributed by atoms with Crippen molar-refractivity contribution in [3.63, 3.8) is 0 Å². The molecule has 3 aromatic rings. The van der Waals surface area contributed by atoms with Crippen LogP contribution in [-0.4, -0.2) is 131 Å². The lowest BCUT2D eigenvalue weighted by Gasteiger charge is -2.25. The van der Waals surface area contributed by atoms with Crippen molar-refractivity contribution in [1.29, 1.82) is 0 Å². The lowest BCUT2D eigenvalue weighted by Crippen LogP contribution is -2.58. The molecule has 0 radical (unpaired) electrons. The number of hydrogen-bond acceptors (Lipinski definition) is 16. The fourth-order valence-corrected chi connectivity index (χ4v) is 5.81. The molecule has 16 N–H and O–H groups in total. The molecule has 350 valence electrons. The van der Waals surface area contributed by atoms with Gasteiger partial charge in [-0.3, -0.25) is 57.9 Å². The molecule has 27 heteroatoms. The summed E-state index contributed by atoms with van der Waals surface area (Å²) in [6.07, 6.45) is -1.89. The molecule has 0 bridgehead atoms. The summed E-state index contributed by atoms with van der Waals surface area (Å²) < 4.78 is 0. The summed E-state index contributed by atoms with van der Waals surface area (Å²) in [6.45, 7) is 2.72. The first-order valence-corrected chi connectivity index (χ1v) is 19.7. The number of ketones is 1. The van der Waals surface area contributed by atoms with Gasteiger partial charge in [-0.2, -0.15) is 4.98 Å². The van der Waals surface area contributed by atoms with Crippen LogP contribution >= 0.6 is 0 Å². The molecule has 0 saturated carbocycles. The molecule has 2 heterocycles. The van der Waals surface area contributed by atoms with Crippen molar-refractivity contribution >= 4 is 82.0 Å². The summed E-state index contributed by atoms with van der Waals surface area (Å²) in [7, 11) is 0. The molecule has 0 spiro atoms. The maximum Gasteiger partial charge on any atom is 0.305 e. The highest BCUT2D eigenvalue weighted by molar-refractivity contribution is 5.98. The number of aliphatic carboxylic acids is 3. The van der Waals surface area contributed by atoms with E-state index in [2.05, 4.69) is 56.8 Å². The molecule has 1 aromatic carbocycles. The Balaban J connectivity index is 1.61. The molecule has 0 aliphatic heterocycles. The first-order valence-electron chi connectivity index (χ1n) is 19.7. The number of nitrogens with two attached hydrogens (primary N) is 3. The maximum absolute atomic E-state index is 13.5. The van der Waals surface area contributed by atoms with E-state index in [1.165, 1.54) is 18.3 Å². The van der Waals surface area contributed by atoms with Crippen LogP contribution in [0.2, 0.25) is 0 Å². The van der Waals surface area contributed by atoms with Gasteiger partial charge in [0.15, 0.2) is 22.9 Å². The molecule has 0 saturated heterocycles. The number of nitrogen functional groups attached to an aromatic ring is 1. The van der Waals surface area contributed by atoms with Gasteiger partial charge in [-0.05, 0) is 57.4 Å². The van der Waals surface area contributed by atoms with Crippen LogP contribution in [0.5, 0.6) is 0 Å². The summed E-state index contributed by atoms with van der Waals surface area (Å²) >= 11 is 0. The van der Waals surface area contributed by atoms with Gasteiger partial charge >= 0.3 is 17.9 Å². The molecule has 5 amide bonds. The summed E-state index contributed by atoms with van der Waals surface area (Å²) in [5.74, 6) is -10.5. The van der Waals surface area contributed by atoms with Crippen molar-refractivity contribution < 1.29 is 58.5 Å². The smallest absolute Gasteiger partial charge is 0.305 e. The lowest BCUT2D eigenvalue weighted by molar-refractivity contribution is -0.143. The van der Waals surface area contributed by atoms with Gasteiger partial charge in [0.2, 0.25) is 29.6 Å². The Morgan fingerprint density at radius 2 is 1.31 bits per heavy atom. The molecule has 0 unspecified atom stereocenters. The predicted molar refractivity (Wildman–Crippen MR) is 227 cm³/mol. The number of nitrogens with one attached hydrogen (secondary N) is 7. The third-order valence-electron chi connectivity index (χ3n) is 9.10. The highest BCUT2D eigenvalue weighted by Gasteiger charge is 2.33. The van der Waals surface area contributed by atoms with E-state index < -0.39 is 108 Å². The molecule has 2 aromatic heterocycles. The number of H-pyrrole nitrogens is 1. The van der Waals surface area contributed by atoms with Crippen LogP contribution in [0, 0.1) is 0 Å². The fraction of sp³-hybridized carbons (Fsp3) is 0.421. The Morgan fingerprint density at radius 1 is 0.754 bits per heavy atom. The number of hydrogen-bond donors (Lipinski definition) is 13. The molecule has 0 fully saturated rings.